The molecule has 1 aliphatic heterocycles. The largest absolute Gasteiger partial charge is 0.481 e. The predicted molar refractivity (Wildman–Crippen MR) is 76.5 cm³/mol. The van der Waals surface area contributed by atoms with Crippen molar-refractivity contribution in [1.29, 1.82) is 0 Å². The van der Waals surface area contributed by atoms with Gasteiger partial charge in [-0.15, -0.1) is 0 Å². The van der Waals surface area contributed by atoms with Gasteiger partial charge in [0.05, 0.1) is 17.6 Å². The second-order valence-electron chi connectivity index (χ2n) is 5.14. The molecule has 0 bridgehead atoms. The summed E-state index contributed by atoms with van der Waals surface area (Å²) in [5, 5.41) is 12.7. The first-order valence-corrected chi connectivity index (χ1v) is 7.08. The molecule has 2 heterocycles. The van der Waals surface area contributed by atoms with Crippen LogP contribution in [0.3, 0.4) is 0 Å². The van der Waals surface area contributed by atoms with Crippen LogP contribution in [0.15, 0.2) is 6.33 Å². The summed E-state index contributed by atoms with van der Waals surface area (Å²) >= 11 is 0. The highest BCUT2D eigenvalue weighted by atomic mass is 16.5. The molecule has 0 unspecified atom stereocenters. The fraction of sp³-hybridized carbons (Fsp3) is 0.643. The number of carboxylic acid groups (broad SMARTS) is 1. The molecular formula is C14H21N3O4. The van der Waals surface area contributed by atoms with Gasteiger partial charge in [-0.05, 0) is 26.7 Å². The zero-order valence-electron chi connectivity index (χ0n) is 12.4. The number of nitrogens with one attached hydrogen (secondary N) is 1. The van der Waals surface area contributed by atoms with Crippen molar-refractivity contribution in [2.75, 3.05) is 31.7 Å². The molecule has 0 spiro atoms. The lowest BCUT2D eigenvalue weighted by Gasteiger charge is -2.33. The van der Waals surface area contributed by atoms with Crippen LogP contribution in [0.4, 0.5) is 5.82 Å². The van der Waals surface area contributed by atoms with Gasteiger partial charge in [-0.25, -0.2) is 9.97 Å². The molecule has 0 aliphatic carbocycles. The Bertz CT molecular complexity index is 501. The van der Waals surface area contributed by atoms with Crippen LogP contribution in [0.1, 0.15) is 25.3 Å². The van der Waals surface area contributed by atoms with E-state index < -0.39 is 11.4 Å². The van der Waals surface area contributed by atoms with Crippen molar-refractivity contribution in [3.05, 3.63) is 11.9 Å². The van der Waals surface area contributed by atoms with Gasteiger partial charge in [0.25, 0.3) is 0 Å². The van der Waals surface area contributed by atoms with Crippen LogP contribution >= 0.6 is 0 Å². The van der Waals surface area contributed by atoms with E-state index in [4.69, 9.17) is 9.47 Å². The quantitative estimate of drug-likeness (QED) is 0.820. The normalized spacial score (nSPS) is 17.2. The predicted octanol–water partition coefficient (Wildman–Crippen LogP) is 1.48. The zero-order chi connectivity index (χ0) is 15.3. The fourth-order valence-corrected chi connectivity index (χ4v) is 2.38. The summed E-state index contributed by atoms with van der Waals surface area (Å²) in [7, 11) is 0. The van der Waals surface area contributed by atoms with Gasteiger partial charge in [0.2, 0.25) is 5.88 Å². The summed E-state index contributed by atoms with van der Waals surface area (Å²) in [6, 6.07) is 0. The molecule has 0 saturated carbocycles. The summed E-state index contributed by atoms with van der Waals surface area (Å²) in [4.78, 5) is 19.8. The average molecular weight is 295 g/mol. The summed E-state index contributed by atoms with van der Waals surface area (Å²) in [5.74, 6) is 0.335. The van der Waals surface area contributed by atoms with E-state index >= 15 is 0 Å². The van der Waals surface area contributed by atoms with Gasteiger partial charge in [-0.2, -0.15) is 0 Å². The summed E-state index contributed by atoms with van der Waals surface area (Å²) < 4.78 is 10.7. The third-order valence-corrected chi connectivity index (χ3v) is 3.82. The Morgan fingerprint density at radius 1 is 1.48 bits per heavy atom. The Balaban J connectivity index is 2.11. The van der Waals surface area contributed by atoms with Crippen LogP contribution < -0.4 is 10.1 Å². The number of ether oxygens (including phenoxy) is 2. The second-order valence-corrected chi connectivity index (χ2v) is 5.14. The van der Waals surface area contributed by atoms with Crippen molar-refractivity contribution in [2.45, 2.75) is 26.7 Å². The van der Waals surface area contributed by atoms with Gasteiger partial charge in [0, 0.05) is 19.8 Å². The number of hydrogen-bond acceptors (Lipinski definition) is 6. The summed E-state index contributed by atoms with van der Waals surface area (Å²) in [6.07, 6.45) is 2.41. The number of rotatable bonds is 6. The van der Waals surface area contributed by atoms with Gasteiger partial charge in [-0.3, -0.25) is 4.79 Å². The maximum atomic E-state index is 11.6. The van der Waals surface area contributed by atoms with Crippen molar-refractivity contribution >= 4 is 11.8 Å². The Morgan fingerprint density at radius 3 is 2.81 bits per heavy atom. The Morgan fingerprint density at radius 2 is 2.19 bits per heavy atom. The minimum atomic E-state index is -0.804. The van der Waals surface area contributed by atoms with E-state index in [1.165, 1.54) is 6.33 Å². The number of anilines is 1. The smallest absolute Gasteiger partial charge is 0.311 e. The lowest BCUT2D eigenvalue weighted by molar-refractivity contribution is -0.153. The molecule has 2 N–H and O–H groups in total. The molecule has 0 atom stereocenters. The van der Waals surface area contributed by atoms with Gasteiger partial charge in [0.1, 0.15) is 12.1 Å². The van der Waals surface area contributed by atoms with Crippen molar-refractivity contribution in [3.8, 4) is 5.88 Å². The van der Waals surface area contributed by atoms with Crippen molar-refractivity contribution in [1.82, 2.24) is 9.97 Å². The van der Waals surface area contributed by atoms with E-state index in [0.717, 1.165) is 5.56 Å². The Labute approximate surface area is 123 Å². The highest BCUT2D eigenvalue weighted by Crippen LogP contribution is 2.32. The first-order chi connectivity index (χ1) is 10.1. The number of nitrogens with zero attached hydrogens (tertiary/aromatic N) is 2. The topological polar surface area (TPSA) is 93.6 Å². The maximum absolute atomic E-state index is 11.6. The molecule has 0 amide bonds. The number of hydrogen-bond donors (Lipinski definition) is 2. The van der Waals surface area contributed by atoms with Gasteiger partial charge < -0.3 is 19.9 Å². The second kappa shape index (κ2) is 6.71. The molecule has 0 radical (unpaired) electrons. The minimum absolute atomic E-state index is 0.315. The van der Waals surface area contributed by atoms with Gasteiger partial charge in [0.15, 0.2) is 0 Å². The van der Waals surface area contributed by atoms with Crippen molar-refractivity contribution < 1.29 is 19.4 Å². The van der Waals surface area contributed by atoms with Crippen LogP contribution in [-0.2, 0) is 9.53 Å². The molecular weight excluding hydrogens is 274 g/mol. The van der Waals surface area contributed by atoms with Crippen LogP contribution in [0.5, 0.6) is 5.88 Å². The van der Waals surface area contributed by atoms with E-state index in [1.807, 2.05) is 13.8 Å². The number of aliphatic carboxylic acids is 1. The molecule has 2 rings (SSSR count). The summed E-state index contributed by atoms with van der Waals surface area (Å²) in [6.45, 7) is 5.52. The zero-order valence-corrected chi connectivity index (χ0v) is 12.4. The van der Waals surface area contributed by atoms with Crippen LogP contribution in [0.2, 0.25) is 0 Å². The minimum Gasteiger partial charge on any atom is -0.481 e. The Kier molecular flexibility index (Phi) is 4.95. The third kappa shape index (κ3) is 3.41. The highest BCUT2D eigenvalue weighted by Gasteiger charge is 2.40. The number of carboxylic acids is 1. The number of aromatic nitrogens is 2. The first-order valence-electron chi connectivity index (χ1n) is 7.08. The van der Waals surface area contributed by atoms with Gasteiger partial charge >= 0.3 is 5.97 Å². The highest BCUT2D eigenvalue weighted by molar-refractivity contribution is 5.75. The fourth-order valence-electron chi connectivity index (χ4n) is 2.38. The Hall–Kier alpha value is -1.89. The third-order valence-electron chi connectivity index (χ3n) is 3.82. The molecule has 7 heteroatoms. The number of carbonyl (C=O) groups is 1. The van der Waals surface area contributed by atoms with Gasteiger partial charge in [-0.1, -0.05) is 0 Å². The summed E-state index contributed by atoms with van der Waals surface area (Å²) in [5.41, 5.74) is -0.0199. The molecule has 1 aliphatic rings. The van der Waals surface area contributed by atoms with Crippen molar-refractivity contribution in [2.24, 2.45) is 5.41 Å². The van der Waals surface area contributed by atoms with E-state index in [1.54, 1.807) is 0 Å². The van der Waals surface area contributed by atoms with Crippen LogP contribution in [0, 0.1) is 12.3 Å². The molecule has 1 saturated heterocycles. The SMILES string of the molecule is CCOc1ncnc(NCC2(C(=O)O)CCOCC2)c1C. The molecule has 116 valence electrons. The molecule has 21 heavy (non-hydrogen) atoms. The maximum Gasteiger partial charge on any atom is 0.311 e. The van der Waals surface area contributed by atoms with Crippen molar-refractivity contribution in [3.63, 3.8) is 0 Å². The molecule has 1 aromatic heterocycles. The first kappa shape index (κ1) is 15.5. The van der Waals surface area contributed by atoms with Crippen LogP contribution in [-0.4, -0.2) is 47.4 Å². The lowest BCUT2D eigenvalue weighted by atomic mass is 9.80. The van der Waals surface area contributed by atoms with E-state index in [2.05, 4.69) is 15.3 Å². The lowest BCUT2D eigenvalue weighted by Crippen LogP contribution is -2.42. The monoisotopic (exact) mass is 295 g/mol. The molecule has 1 aromatic rings. The van der Waals surface area contributed by atoms with Crippen LogP contribution in [0.25, 0.3) is 0 Å². The molecule has 0 aromatic carbocycles. The van der Waals surface area contributed by atoms with E-state index in [0.29, 0.717) is 50.9 Å². The average Bonchev–Trinajstić information content (AvgIpc) is 2.49. The molecule has 7 nitrogen and oxygen atoms in total. The standard InChI is InChI=1S/C14H21N3O4/c1-3-21-12-10(2)11(16-9-17-12)15-8-14(13(18)19)4-6-20-7-5-14/h9H,3-8H2,1-2H3,(H,18,19)(H,15,16,17). The van der Waals surface area contributed by atoms with E-state index in [9.17, 15) is 9.90 Å². The molecule has 1 fully saturated rings. The van der Waals surface area contributed by atoms with E-state index in [-0.39, 0.29) is 0 Å².